The summed E-state index contributed by atoms with van der Waals surface area (Å²) in [4.78, 5) is 18.8. The number of nitrogens with zero attached hydrogens (tertiary/aromatic N) is 3. The van der Waals surface area contributed by atoms with Crippen molar-refractivity contribution in [2.75, 3.05) is 20.8 Å². The van der Waals surface area contributed by atoms with Crippen molar-refractivity contribution in [3.63, 3.8) is 0 Å². The van der Waals surface area contributed by atoms with Crippen molar-refractivity contribution < 1.29 is 9.47 Å². The van der Waals surface area contributed by atoms with Crippen LogP contribution >= 0.6 is 0 Å². The third-order valence-electron chi connectivity index (χ3n) is 4.12. The molecule has 0 saturated carbocycles. The van der Waals surface area contributed by atoms with Crippen molar-refractivity contribution in [1.29, 1.82) is 0 Å². The molecule has 1 N–H and O–H groups in total. The summed E-state index contributed by atoms with van der Waals surface area (Å²) in [6.07, 6.45) is 1.70. The summed E-state index contributed by atoms with van der Waals surface area (Å²) in [6.45, 7) is 4.25. The van der Waals surface area contributed by atoms with Gasteiger partial charge in [0.05, 0.1) is 19.9 Å². The largest absolute Gasteiger partial charge is 0.493 e. The molecule has 0 unspecified atom stereocenters. The first-order valence-electron chi connectivity index (χ1n) is 8.14. The number of nitrogens with one attached hydrogen (secondary N) is 1. The summed E-state index contributed by atoms with van der Waals surface area (Å²) in [6, 6.07) is 9.25. The standard InChI is InChI=1S/C18H22N4O3/c1-4-21(11-13-5-6-15(24-2)16(9-13)25-3)12-14-10-18(23)22-17(20-14)7-8-19-22/h5-10,19H,4,11-12H2,1-3H3. The first-order chi connectivity index (χ1) is 12.1. The molecule has 0 aliphatic heterocycles. The van der Waals surface area contributed by atoms with E-state index in [0.717, 1.165) is 24.3 Å². The van der Waals surface area contributed by atoms with E-state index in [-0.39, 0.29) is 5.56 Å². The summed E-state index contributed by atoms with van der Waals surface area (Å²) in [5.41, 5.74) is 2.39. The van der Waals surface area contributed by atoms with Crippen LogP contribution in [0.1, 0.15) is 18.2 Å². The highest BCUT2D eigenvalue weighted by molar-refractivity contribution is 5.43. The predicted molar refractivity (Wildman–Crippen MR) is 95.1 cm³/mol. The molecule has 7 nitrogen and oxygen atoms in total. The summed E-state index contributed by atoms with van der Waals surface area (Å²) in [7, 11) is 3.25. The van der Waals surface area contributed by atoms with E-state index in [1.807, 2.05) is 18.2 Å². The van der Waals surface area contributed by atoms with E-state index in [1.54, 1.807) is 32.5 Å². The van der Waals surface area contributed by atoms with E-state index in [1.165, 1.54) is 4.52 Å². The number of hydrogen-bond acceptors (Lipinski definition) is 5. The Morgan fingerprint density at radius 2 is 1.92 bits per heavy atom. The minimum atomic E-state index is -0.104. The Morgan fingerprint density at radius 1 is 1.12 bits per heavy atom. The minimum absolute atomic E-state index is 0.104. The third kappa shape index (κ3) is 3.66. The van der Waals surface area contributed by atoms with Crippen LogP contribution in [-0.4, -0.2) is 40.3 Å². The monoisotopic (exact) mass is 342 g/mol. The van der Waals surface area contributed by atoms with Gasteiger partial charge in [-0.15, -0.1) is 0 Å². The molecule has 1 aromatic carbocycles. The minimum Gasteiger partial charge on any atom is -0.493 e. The molecule has 0 aliphatic rings. The van der Waals surface area contributed by atoms with Crippen molar-refractivity contribution in [2.45, 2.75) is 20.0 Å². The Hall–Kier alpha value is -2.80. The SMILES string of the molecule is CCN(Cc1ccc(OC)c(OC)c1)Cc1cc(=O)n2[nH]ccc2n1. The second-order valence-corrected chi connectivity index (χ2v) is 5.73. The van der Waals surface area contributed by atoms with Crippen LogP contribution in [0.2, 0.25) is 0 Å². The molecule has 2 heterocycles. The van der Waals surface area contributed by atoms with E-state index >= 15 is 0 Å². The lowest BCUT2D eigenvalue weighted by Gasteiger charge is -2.20. The number of fused-ring (bicyclic) bond motifs is 1. The van der Waals surface area contributed by atoms with Crippen LogP contribution in [0.15, 0.2) is 41.3 Å². The average molecular weight is 342 g/mol. The zero-order valence-corrected chi connectivity index (χ0v) is 14.7. The van der Waals surface area contributed by atoms with Crippen LogP contribution in [0.5, 0.6) is 11.5 Å². The summed E-state index contributed by atoms with van der Waals surface area (Å²) < 4.78 is 12.1. The van der Waals surface area contributed by atoms with Crippen LogP contribution < -0.4 is 15.0 Å². The number of hydrogen-bond donors (Lipinski definition) is 1. The van der Waals surface area contributed by atoms with Crippen LogP contribution in [0, 0.1) is 0 Å². The van der Waals surface area contributed by atoms with Crippen molar-refractivity contribution in [3.05, 3.63) is 58.1 Å². The van der Waals surface area contributed by atoms with Crippen LogP contribution in [0.4, 0.5) is 0 Å². The lowest BCUT2D eigenvalue weighted by Crippen LogP contribution is -2.25. The van der Waals surface area contributed by atoms with Gasteiger partial charge in [-0.05, 0) is 24.2 Å². The van der Waals surface area contributed by atoms with Gasteiger partial charge in [0.1, 0.15) is 0 Å². The van der Waals surface area contributed by atoms with Gasteiger partial charge >= 0.3 is 0 Å². The number of ether oxygens (including phenoxy) is 2. The van der Waals surface area contributed by atoms with Gasteiger partial charge in [-0.25, -0.2) is 9.50 Å². The predicted octanol–water partition coefficient (Wildman–Crippen LogP) is 2.06. The van der Waals surface area contributed by atoms with Gasteiger partial charge in [-0.3, -0.25) is 14.8 Å². The van der Waals surface area contributed by atoms with Gasteiger partial charge < -0.3 is 9.47 Å². The van der Waals surface area contributed by atoms with Crippen molar-refractivity contribution in [3.8, 4) is 11.5 Å². The fourth-order valence-electron chi connectivity index (χ4n) is 2.80. The van der Waals surface area contributed by atoms with E-state index in [4.69, 9.17) is 9.47 Å². The Balaban J connectivity index is 1.79. The molecule has 25 heavy (non-hydrogen) atoms. The maximum Gasteiger partial charge on any atom is 0.272 e. The highest BCUT2D eigenvalue weighted by atomic mass is 16.5. The van der Waals surface area contributed by atoms with Gasteiger partial charge in [0.15, 0.2) is 17.1 Å². The van der Waals surface area contributed by atoms with Crippen LogP contribution in [0.3, 0.4) is 0 Å². The number of rotatable bonds is 7. The molecule has 0 aliphatic carbocycles. The molecular weight excluding hydrogens is 320 g/mol. The highest BCUT2D eigenvalue weighted by Crippen LogP contribution is 2.28. The molecule has 0 bridgehead atoms. The Kier molecular flexibility index (Phi) is 5.04. The van der Waals surface area contributed by atoms with Crippen LogP contribution in [0.25, 0.3) is 5.65 Å². The van der Waals surface area contributed by atoms with E-state index in [2.05, 4.69) is 21.9 Å². The number of aromatic amines is 1. The van der Waals surface area contributed by atoms with Gasteiger partial charge in [0, 0.05) is 31.4 Å². The lowest BCUT2D eigenvalue weighted by molar-refractivity contribution is 0.267. The molecule has 0 spiro atoms. The summed E-state index contributed by atoms with van der Waals surface area (Å²) in [5, 5.41) is 2.85. The van der Waals surface area contributed by atoms with Gasteiger partial charge in [0.2, 0.25) is 0 Å². The van der Waals surface area contributed by atoms with Gasteiger partial charge in [0.25, 0.3) is 5.56 Å². The molecular formula is C18H22N4O3. The molecule has 0 saturated heterocycles. The quantitative estimate of drug-likeness (QED) is 0.712. The second kappa shape index (κ2) is 7.40. The second-order valence-electron chi connectivity index (χ2n) is 5.73. The molecule has 3 aromatic rings. The lowest BCUT2D eigenvalue weighted by atomic mass is 10.2. The Labute approximate surface area is 145 Å². The van der Waals surface area contributed by atoms with Crippen molar-refractivity contribution in [1.82, 2.24) is 19.5 Å². The average Bonchev–Trinajstić information content (AvgIpc) is 3.10. The van der Waals surface area contributed by atoms with E-state index in [0.29, 0.717) is 23.7 Å². The van der Waals surface area contributed by atoms with E-state index in [9.17, 15) is 4.79 Å². The fourth-order valence-corrected chi connectivity index (χ4v) is 2.80. The maximum absolute atomic E-state index is 12.1. The number of H-pyrrole nitrogens is 1. The summed E-state index contributed by atoms with van der Waals surface area (Å²) in [5.74, 6) is 1.42. The van der Waals surface area contributed by atoms with Gasteiger partial charge in [-0.1, -0.05) is 13.0 Å². The Morgan fingerprint density at radius 3 is 2.64 bits per heavy atom. The zero-order valence-electron chi connectivity index (χ0n) is 14.7. The van der Waals surface area contributed by atoms with E-state index < -0.39 is 0 Å². The van der Waals surface area contributed by atoms with Crippen LogP contribution in [-0.2, 0) is 13.1 Å². The summed E-state index contributed by atoms with van der Waals surface area (Å²) >= 11 is 0. The molecule has 3 rings (SSSR count). The number of benzene rings is 1. The molecule has 132 valence electrons. The molecule has 2 aromatic heterocycles. The fraction of sp³-hybridized carbons (Fsp3) is 0.333. The van der Waals surface area contributed by atoms with Crippen molar-refractivity contribution >= 4 is 5.65 Å². The molecule has 0 fully saturated rings. The molecule has 0 radical (unpaired) electrons. The first kappa shape index (κ1) is 17.0. The smallest absolute Gasteiger partial charge is 0.272 e. The normalized spacial score (nSPS) is 11.2. The highest BCUT2D eigenvalue weighted by Gasteiger charge is 2.11. The maximum atomic E-state index is 12.1. The number of methoxy groups -OCH3 is 2. The number of aromatic nitrogens is 3. The van der Waals surface area contributed by atoms with Crippen molar-refractivity contribution in [2.24, 2.45) is 0 Å². The topological polar surface area (TPSA) is 71.9 Å². The molecule has 7 heteroatoms. The first-order valence-corrected chi connectivity index (χ1v) is 8.14. The van der Waals surface area contributed by atoms with Gasteiger partial charge in [-0.2, -0.15) is 0 Å². The Bertz CT molecular complexity index is 916. The zero-order chi connectivity index (χ0) is 17.8. The molecule has 0 atom stereocenters. The third-order valence-corrected chi connectivity index (χ3v) is 4.12. The molecule has 0 amide bonds.